The number of amides is 1. The number of carbonyl (C=O) groups is 2. The van der Waals surface area contributed by atoms with E-state index in [4.69, 9.17) is 17.0 Å². The molecule has 2 heterocycles. The van der Waals surface area contributed by atoms with Gasteiger partial charge in [-0.2, -0.15) is 0 Å². The molecule has 1 aliphatic rings. The number of esters is 1. The molecule has 1 aliphatic heterocycles. The van der Waals surface area contributed by atoms with Crippen LogP contribution in [0.1, 0.15) is 5.69 Å². The predicted octanol–water partition coefficient (Wildman–Crippen LogP) is -0.638. The van der Waals surface area contributed by atoms with E-state index in [9.17, 15) is 18.4 Å². The number of hydrogen-bond acceptors (Lipinski definition) is 8. The normalized spacial score (nSPS) is 13.8. The van der Waals surface area contributed by atoms with Crippen molar-refractivity contribution in [3.8, 4) is 5.69 Å². The summed E-state index contributed by atoms with van der Waals surface area (Å²) in [5.74, 6) is -3.29. The van der Waals surface area contributed by atoms with Gasteiger partial charge in [-0.15, -0.1) is 5.10 Å². The van der Waals surface area contributed by atoms with Crippen molar-refractivity contribution in [2.45, 2.75) is 6.54 Å². The van der Waals surface area contributed by atoms with Crippen molar-refractivity contribution in [3.05, 3.63) is 35.7 Å². The van der Waals surface area contributed by atoms with Gasteiger partial charge in [0.25, 0.3) is 0 Å². The zero-order valence-electron chi connectivity index (χ0n) is 16.9. The quantitative estimate of drug-likeness (QED) is 0.369. The van der Waals surface area contributed by atoms with Crippen molar-refractivity contribution in [3.63, 3.8) is 0 Å². The van der Waals surface area contributed by atoms with Gasteiger partial charge in [0.2, 0.25) is 0 Å². The van der Waals surface area contributed by atoms with Crippen LogP contribution in [-0.2, 0) is 25.6 Å². The maximum Gasteiger partial charge on any atom is 0.396 e. The Morgan fingerprint density at radius 1 is 1.13 bits per heavy atom. The van der Waals surface area contributed by atoms with Crippen LogP contribution in [0.2, 0.25) is 0 Å². The zero-order valence-corrected chi connectivity index (χ0v) is 17.7. The van der Waals surface area contributed by atoms with Crippen LogP contribution < -0.4 is 10.2 Å². The van der Waals surface area contributed by atoms with Gasteiger partial charge in [-0.1, -0.05) is 5.21 Å². The molecule has 1 saturated heterocycles. The molecule has 0 unspecified atom stereocenters. The number of benzene rings is 1. The molecule has 10 nitrogen and oxygen atoms in total. The molecule has 1 fully saturated rings. The van der Waals surface area contributed by atoms with E-state index in [0.717, 1.165) is 19.2 Å². The average Bonchev–Trinajstić information content (AvgIpc) is 3.25. The summed E-state index contributed by atoms with van der Waals surface area (Å²) in [4.78, 5) is 26.0. The molecule has 1 amide bonds. The molecule has 31 heavy (non-hydrogen) atoms. The van der Waals surface area contributed by atoms with Crippen LogP contribution in [0.15, 0.2) is 18.3 Å². The Balaban J connectivity index is 1.70. The summed E-state index contributed by atoms with van der Waals surface area (Å²) in [5.41, 5.74) is 0.523. The number of ether oxygens (including phenoxy) is 2. The highest BCUT2D eigenvalue weighted by Crippen LogP contribution is 2.27. The van der Waals surface area contributed by atoms with Gasteiger partial charge in [-0.05, 0) is 0 Å². The van der Waals surface area contributed by atoms with E-state index in [0.29, 0.717) is 17.4 Å². The van der Waals surface area contributed by atoms with Crippen molar-refractivity contribution < 1.29 is 33.2 Å². The van der Waals surface area contributed by atoms with Crippen LogP contribution >= 0.6 is 12.2 Å². The molecule has 1 aromatic heterocycles. The average molecular weight is 455 g/mol. The first-order valence-corrected chi connectivity index (χ1v) is 9.68. The summed E-state index contributed by atoms with van der Waals surface area (Å²) in [6.07, 6.45) is 1.54. The second kappa shape index (κ2) is 9.75. The van der Waals surface area contributed by atoms with Crippen LogP contribution in [0.4, 0.5) is 14.5 Å². The first-order valence-electron chi connectivity index (χ1n) is 9.28. The van der Waals surface area contributed by atoms with Gasteiger partial charge >= 0.3 is 17.1 Å². The standard InChI is InChI=1S/C18H20F2N6O4S/c1-29-17(28)16(27)25-5-3-24(4-6-25)15-13(19)7-12(8-14(15)20)26-10-11(22-23-26)9-21-18(31)30-2/h7-8,10H,3-6,9H2,1-2H3,(H,21,31)/p+1. The summed E-state index contributed by atoms with van der Waals surface area (Å²) < 4.78 is 40.1. The number of quaternary nitrogens is 1. The Morgan fingerprint density at radius 3 is 2.35 bits per heavy atom. The Kier molecular flexibility index (Phi) is 7.07. The topological polar surface area (TPSA) is 106 Å². The molecular formula is C18H21F2N6O4S+. The number of thiocarbonyl (C=S) groups is 1. The summed E-state index contributed by atoms with van der Waals surface area (Å²) in [6.45, 7) is 0.975. The zero-order chi connectivity index (χ0) is 22.5. The fourth-order valence-corrected chi connectivity index (χ4v) is 3.21. The molecule has 0 saturated carbocycles. The van der Waals surface area contributed by atoms with Crippen LogP contribution in [0.5, 0.6) is 0 Å². The fraction of sp³-hybridized carbons (Fsp3) is 0.389. The number of carbonyl (C=O) groups excluding carboxylic acids is 2. The molecule has 1 aromatic carbocycles. The van der Waals surface area contributed by atoms with Crippen LogP contribution in [0.3, 0.4) is 0 Å². The molecular weight excluding hydrogens is 434 g/mol. The van der Waals surface area contributed by atoms with Crippen LogP contribution in [0, 0.1) is 11.6 Å². The second-order valence-corrected chi connectivity index (χ2v) is 7.02. The van der Waals surface area contributed by atoms with E-state index in [-0.39, 0.29) is 37.6 Å². The highest BCUT2D eigenvalue weighted by molar-refractivity contribution is 7.79. The third-order valence-electron chi connectivity index (χ3n) is 4.73. The van der Waals surface area contributed by atoms with Gasteiger partial charge in [0.15, 0.2) is 11.6 Å². The number of nitrogens with two attached hydrogens (primary N) is 1. The number of anilines is 1. The molecule has 0 aliphatic carbocycles. The van der Waals surface area contributed by atoms with E-state index in [1.54, 1.807) is 11.5 Å². The number of aromatic nitrogens is 3. The minimum Gasteiger partial charge on any atom is -0.462 e. The third-order valence-corrected chi connectivity index (χ3v) is 5.06. The Labute approximate surface area is 181 Å². The SMILES string of the molecule is COC(=O)C(=O)N1CCN(c2c(F)cc(-n3cc(C[NH2+]C(=S)OC)nn3)cc2F)CC1. The fourth-order valence-electron chi connectivity index (χ4n) is 3.13. The second-order valence-electron chi connectivity index (χ2n) is 6.61. The molecule has 13 heteroatoms. The number of piperazine rings is 1. The van der Waals surface area contributed by atoms with E-state index < -0.39 is 23.5 Å². The Bertz CT molecular complexity index is 970. The third kappa shape index (κ3) is 5.11. The van der Waals surface area contributed by atoms with E-state index >= 15 is 0 Å². The van der Waals surface area contributed by atoms with Crippen molar-refractivity contribution in [1.29, 1.82) is 0 Å². The number of hydrogen-bond donors (Lipinski definition) is 1. The molecule has 0 spiro atoms. The minimum absolute atomic E-state index is 0.140. The predicted molar refractivity (Wildman–Crippen MR) is 107 cm³/mol. The van der Waals surface area contributed by atoms with E-state index in [1.165, 1.54) is 21.6 Å². The number of halogens is 2. The van der Waals surface area contributed by atoms with Gasteiger partial charge in [0.05, 0.1) is 26.1 Å². The summed E-state index contributed by atoms with van der Waals surface area (Å²) in [5, 5.41) is 9.80. The smallest absolute Gasteiger partial charge is 0.396 e. The van der Waals surface area contributed by atoms with Gasteiger partial charge in [-0.3, -0.25) is 10.1 Å². The molecule has 166 valence electrons. The summed E-state index contributed by atoms with van der Waals surface area (Å²) >= 11 is 4.92. The van der Waals surface area contributed by atoms with Gasteiger partial charge in [-0.25, -0.2) is 18.3 Å². The minimum atomic E-state index is -0.969. The van der Waals surface area contributed by atoms with Gasteiger partial charge in [0.1, 0.15) is 17.9 Å². The first-order chi connectivity index (χ1) is 14.8. The lowest BCUT2D eigenvalue weighted by molar-refractivity contribution is -0.568. The number of methoxy groups -OCH3 is 2. The molecule has 3 rings (SSSR count). The number of nitrogens with zero attached hydrogens (tertiary/aromatic N) is 5. The maximum atomic E-state index is 14.8. The highest BCUT2D eigenvalue weighted by Gasteiger charge is 2.29. The first kappa shape index (κ1) is 22.5. The lowest BCUT2D eigenvalue weighted by Crippen LogP contribution is -2.86. The van der Waals surface area contributed by atoms with Gasteiger partial charge in [0, 0.05) is 50.5 Å². The Hall–Kier alpha value is -3.19. The van der Waals surface area contributed by atoms with Crippen molar-refractivity contribution in [2.75, 3.05) is 45.3 Å². The molecule has 0 bridgehead atoms. The lowest BCUT2D eigenvalue weighted by atomic mass is 10.2. The van der Waals surface area contributed by atoms with Crippen LogP contribution in [-0.4, -0.2) is 77.3 Å². The Morgan fingerprint density at radius 2 is 1.77 bits per heavy atom. The van der Waals surface area contributed by atoms with Crippen molar-refractivity contribution in [1.82, 2.24) is 19.9 Å². The number of rotatable bonds is 4. The maximum absolute atomic E-state index is 14.8. The van der Waals surface area contributed by atoms with Gasteiger partial charge < -0.3 is 19.3 Å². The van der Waals surface area contributed by atoms with Crippen LogP contribution in [0.25, 0.3) is 5.69 Å². The van der Waals surface area contributed by atoms with E-state index in [1.807, 2.05) is 0 Å². The molecule has 2 aromatic rings. The lowest BCUT2D eigenvalue weighted by Gasteiger charge is -2.35. The van der Waals surface area contributed by atoms with E-state index in [2.05, 4.69) is 15.0 Å². The monoisotopic (exact) mass is 455 g/mol. The highest BCUT2D eigenvalue weighted by atomic mass is 32.1. The van der Waals surface area contributed by atoms with Crippen molar-refractivity contribution >= 4 is 35.0 Å². The summed E-state index contributed by atoms with van der Waals surface area (Å²) in [7, 11) is 2.58. The molecule has 2 N–H and O–H groups in total. The molecule has 0 atom stereocenters. The molecule has 0 radical (unpaired) electrons. The summed E-state index contributed by atoms with van der Waals surface area (Å²) in [6, 6.07) is 2.32. The van der Waals surface area contributed by atoms with Crippen molar-refractivity contribution in [2.24, 2.45) is 0 Å². The largest absolute Gasteiger partial charge is 0.462 e.